The van der Waals surface area contributed by atoms with Gasteiger partial charge in [0.2, 0.25) is 11.8 Å². The van der Waals surface area contributed by atoms with E-state index in [-0.39, 0.29) is 17.5 Å². The first-order chi connectivity index (χ1) is 14.4. The SMILES string of the molecule is CC(=O)N(c1nc(/C=C/C(=O)N(C)Cc2ccccc2Cl)cs1)c1ccccc1F. The van der Waals surface area contributed by atoms with Gasteiger partial charge in [0.1, 0.15) is 5.82 Å². The van der Waals surface area contributed by atoms with E-state index < -0.39 is 5.82 Å². The highest BCUT2D eigenvalue weighted by Crippen LogP contribution is 2.31. The molecule has 2 aromatic carbocycles. The summed E-state index contributed by atoms with van der Waals surface area (Å²) in [6.07, 6.45) is 2.96. The Morgan fingerprint density at radius 3 is 2.57 bits per heavy atom. The van der Waals surface area contributed by atoms with E-state index in [1.807, 2.05) is 18.2 Å². The zero-order valence-electron chi connectivity index (χ0n) is 16.4. The smallest absolute Gasteiger partial charge is 0.246 e. The van der Waals surface area contributed by atoms with Crippen LogP contribution in [0.1, 0.15) is 18.2 Å². The fourth-order valence-corrected chi connectivity index (χ4v) is 3.78. The molecule has 0 saturated carbocycles. The van der Waals surface area contributed by atoms with Crippen molar-refractivity contribution in [2.24, 2.45) is 0 Å². The van der Waals surface area contributed by atoms with Gasteiger partial charge >= 0.3 is 0 Å². The first-order valence-electron chi connectivity index (χ1n) is 9.04. The monoisotopic (exact) mass is 443 g/mol. The summed E-state index contributed by atoms with van der Waals surface area (Å²) in [6.45, 7) is 1.72. The van der Waals surface area contributed by atoms with Crippen LogP contribution in [0.25, 0.3) is 6.08 Å². The normalized spacial score (nSPS) is 10.9. The van der Waals surface area contributed by atoms with Crippen LogP contribution in [0, 0.1) is 5.82 Å². The van der Waals surface area contributed by atoms with Crippen LogP contribution in [0.2, 0.25) is 5.02 Å². The number of aromatic nitrogens is 1. The van der Waals surface area contributed by atoms with Gasteiger partial charge in [0, 0.05) is 37.0 Å². The molecule has 0 atom stereocenters. The van der Waals surface area contributed by atoms with Crippen LogP contribution < -0.4 is 4.90 Å². The van der Waals surface area contributed by atoms with Crippen molar-refractivity contribution >= 4 is 51.6 Å². The molecule has 0 spiro atoms. The molecule has 0 unspecified atom stereocenters. The molecule has 5 nitrogen and oxygen atoms in total. The van der Waals surface area contributed by atoms with E-state index in [1.54, 1.807) is 36.7 Å². The standard InChI is InChI=1S/C22H19ClFN3O2S/c1-15(28)27(20-10-6-5-9-19(20)24)22-25-17(14-30-22)11-12-21(29)26(2)13-16-7-3-4-8-18(16)23/h3-12,14H,13H2,1-2H3/b12-11+. The summed E-state index contributed by atoms with van der Waals surface area (Å²) in [7, 11) is 1.68. The summed E-state index contributed by atoms with van der Waals surface area (Å²) in [4.78, 5) is 31.6. The fraction of sp³-hybridized carbons (Fsp3) is 0.136. The van der Waals surface area contributed by atoms with Crippen molar-refractivity contribution in [1.29, 1.82) is 0 Å². The molecule has 0 fully saturated rings. The second-order valence-corrected chi connectivity index (χ2v) is 7.72. The van der Waals surface area contributed by atoms with Gasteiger partial charge in [0.15, 0.2) is 5.13 Å². The zero-order valence-corrected chi connectivity index (χ0v) is 18.0. The van der Waals surface area contributed by atoms with Crippen LogP contribution >= 0.6 is 22.9 Å². The van der Waals surface area contributed by atoms with Crippen molar-refractivity contribution in [2.75, 3.05) is 11.9 Å². The molecule has 0 aliphatic carbocycles. The van der Waals surface area contributed by atoms with Crippen molar-refractivity contribution in [3.63, 3.8) is 0 Å². The molecular weight excluding hydrogens is 425 g/mol. The molecule has 0 N–H and O–H groups in total. The lowest BCUT2D eigenvalue weighted by Gasteiger charge is -2.18. The Labute approximate surface area is 183 Å². The number of para-hydroxylation sites is 1. The number of hydrogen-bond acceptors (Lipinski definition) is 4. The van der Waals surface area contributed by atoms with Crippen LogP contribution in [0.15, 0.2) is 60.0 Å². The number of amides is 2. The average Bonchev–Trinajstić information content (AvgIpc) is 3.17. The Bertz CT molecular complexity index is 1100. The van der Waals surface area contributed by atoms with Gasteiger partial charge in [0.25, 0.3) is 0 Å². The van der Waals surface area contributed by atoms with E-state index in [4.69, 9.17) is 11.6 Å². The molecule has 0 radical (unpaired) electrons. The van der Waals surface area contributed by atoms with Crippen LogP contribution in [-0.2, 0) is 16.1 Å². The van der Waals surface area contributed by atoms with Crippen LogP contribution in [0.3, 0.4) is 0 Å². The molecule has 3 rings (SSSR count). The fourth-order valence-electron chi connectivity index (χ4n) is 2.74. The molecule has 30 heavy (non-hydrogen) atoms. The number of benzene rings is 2. The molecule has 8 heteroatoms. The summed E-state index contributed by atoms with van der Waals surface area (Å²) < 4.78 is 14.2. The van der Waals surface area contributed by atoms with Crippen molar-refractivity contribution in [1.82, 2.24) is 9.88 Å². The van der Waals surface area contributed by atoms with Crippen molar-refractivity contribution < 1.29 is 14.0 Å². The highest BCUT2D eigenvalue weighted by Gasteiger charge is 2.20. The number of likely N-dealkylation sites (N-methyl/N-ethyl adjacent to an activating group) is 1. The van der Waals surface area contributed by atoms with Crippen molar-refractivity contribution in [3.05, 3.63) is 82.1 Å². The molecule has 154 valence electrons. The average molecular weight is 444 g/mol. The Morgan fingerprint density at radius 2 is 1.87 bits per heavy atom. The van der Waals surface area contributed by atoms with E-state index in [1.165, 1.54) is 46.3 Å². The molecule has 1 heterocycles. The van der Waals surface area contributed by atoms with Crippen molar-refractivity contribution in [3.8, 4) is 0 Å². The highest BCUT2D eigenvalue weighted by atomic mass is 35.5. The lowest BCUT2D eigenvalue weighted by atomic mass is 10.2. The number of nitrogens with zero attached hydrogens (tertiary/aromatic N) is 3. The molecule has 0 aliphatic rings. The van der Waals surface area contributed by atoms with Gasteiger partial charge in [-0.1, -0.05) is 41.9 Å². The number of thiazole rings is 1. The molecule has 0 saturated heterocycles. The highest BCUT2D eigenvalue weighted by molar-refractivity contribution is 7.14. The summed E-state index contributed by atoms with van der Waals surface area (Å²) in [6, 6.07) is 13.3. The number of rotatable bonds is 6. The van der Waals surface area contributed by atoms with E-state index in [0.29, 0.717) is 22.4 Å². The summed E-state index contributed by atoms with van der Waals surface area (Å²) >= 11 is 7.33. The second kappa shape index (κ2) is 9.65. The predicted molar refractivity (Wildman–Crippen MR) is 118 cm³/mol. The van der Waals surface area contributed by atoms with Gasteiger partial charge < -0.3 is 4.90 Å². The van der Waals surface area contributed by atoms with Gasteiger partial charge in [-0.2, -0.15) is 0 Å². The van der Waals surface area contributed by atoms with Gasteiger partial charge in [-0.05, 0) is 29.8 Å². The van der Waals surface area contributed by atoms with Crippen LogP contribution in [0.4, 0.5) is 15.2 Å². The molecule has 2 amide bonds. The minimum Gasteiger partial charge on any atom is -0.338 e. The second-order valence-electron chi connectivity index (χ2n) is 6.48. The van der Waals surface area contributed by atoms with E-state index in [9.17, 15) is 14.0 Å². The number of anilines is 2. The lowest BCUT2D eigenvalue weighted by Crippen LogP contribution is -2.24. The van der Waals surface area contributed by atoms with Gasteiger partial charge in [-0.3, -0.25) is 14.5 Å². The Morgan fingerprint density at radius 1 is 1.17 bits per heavy atom. The lowest BCUT2D eigenvalue weighted by molar-refractivity contribution is -0.125. The largest absolute Gasteiger partial charge is 0.338 e. The summed E-state index contributed by atoms with van der Waals surface area (Å²) in [5.41, 5.74) is 1.48. The topological polar surface area (TPSA) is 53.5 Å². The summed E-state index contributed by atoms with van der Waals surface area (Å²) in [5.74, 6) is -1.10. The molecule has 0 aliphatic heterocycles. The van der Waals surface area contributed by atoms with E-state index >= 15 is 0 Å². The number of halogens is 2. The Kier molecular flexibility index (Phi) is 6.97. The quantitative estimate of drug-likeness (QED) is 0.486. The summed E-state index contributed by atoms with van der Waals surface area (Å²) in [5, 5.41) is 2.62. The van der Waals surface area contributed by atoms with E-state index in [0.717, 1.165) is 5.56 Å². The molecule has 0 bridgehead atoms. The maximum absolute atomic E-state index is 14.2. The molecule has 3 aromatic rings. The number of carbonyl (C=O) groups excluding carboxylic acids is 2. The van der Waals surface area contributed by atoms with Crippen LogP contribution in [-0.4, -0.2) is 28.7 Å². The first-order valence-corrected chi connectivity index (χ1v) is 10.3. The zero-order chi connectivity index (χ0) is 21.7. The van der Waals surface area contributed by atoms with Crippen LogP contribution in [0.5, 0.6) is 0 Å². The first kappa shape index (κ1) is 21.7. The minimum atomic E-state index is -0.517. The third-order valence-electron chi connectivity index (χ3n) is 4.25. The number of carbonyl (C=O) groups is 2. The molecule has 1 aromatic heterocycles. The maximum Gasteiger partial charge on any atom is 0.246 e. The van der Waals surface area contributed by atoms with Crippen molar-refractivity contribution in [2.45, 2.75) is 13.5 Å². The van der Waals surface area contributed by atoms with Gasteiger partial charge in [-0.25, -0.2) is 9.37 Å². The minimum absolute atomic E-state index is 0.130. The third kappa shape index (κ3) is 5.11. The van der Waals surface area contributed by atoms with Gasteiger partial charge in [0.05, 0.1) is 11.4 Å². The maximum atomic E-state index is 14.2. The Hall–Kier alpha value is -3.03. The molecular formula is C22H19ClFN3O2S. The third-order valence-corrected chi connectivity index (χ3v) is 5.46. The van der Waals surface area contributed by atoms with Gasteiger partial charge in [-0.15, -0.1) is 11.3 Å². The predicted octanol–water partition coefficient (Wildman–Crippen LogP) is 5.29. The van der Waals surface area contributed by atoms with E-state index in [2.05, 4.69) is 4.98 Å². The number of hydrogen-bond donors (Lipinski definition) is 0. The Balaban J connectivity index is 1.73.